The minimum atomic E-state index is 1.14. The monoisotopic (exact) mass is 882 g/mol. The lowest BCUT2D eigenvalue weighted by molar-refractivity contribution is 0.602. The summed E-state index contributed by atoms with van der Waals surface area (Å²) in [5, 5.41) is 20.8. The van der Waals surface area contributed by atoms with E-state index in [0.717, 1.165) is 22.7 Å². The predicted octanol–water partition coefficient (Wildman–Crippen LogP) is 19.7. The van der Waals surface area contributed by atoms with Crippen molar-refractivity contribution in [3.8, 4) is 0 Å². The van der Waals surface area contributed by atoms with Crippen LogP contribution >= 0.6 is 0 Å². The van der Waals surface area contributed by atoms with Crippen molar-refractivity contribution < 1.29 is 0 Å². The first-order valence-electron chi connectivity index (χ1n) is 24.8. The Morgan fingerprint density at radius 3 is 1.12 bits per heavy atom. The molecule has 69 heavy (non-hydrogen) atoms. The van der Waals surface area contributed by atoms with E-state index in [9.17, 15) is 0 Å². The van der Waals surface area contributed by atoms with Crippen LogP contribution in [0.15, 0.2) is 206 Å². The number of benzene rings is 13. The summed E-state index contributed by atoms with van der Waals surface area (Å²) >= 11 is 0. The van der Waals surface area contributed by atoms with E-state index in [1.54, 1.807) is 5.57 Å². The van der Waals surface area contributed by atoms with Crippen LogP contribution in [0.1, 0.15) is 48.8 Å². The van der Waals surface area contributed by atoms with Gasteiger partial charge in [0.15, 0.2) is 0 Å². The molecule has 2 heteroatoms. The Hall–Kier alpha value is -8.20. The summed E-state index contributed by atoms with van der Waals surface area (Å²) in [6.07, 6.45) is 8.85. The summed E-state index contributed by atoms with van der Waals surface area (Å²) in [5.74, 6) is 0. The van der Waals surface area contributed by atoms with Crippen LogP contribution in [0.2, 0.25) is 0 Å². The van der Waals surface area contributed by atoms with Crippen LogP contribution in [0.3, 0.4) is 0 Å². The molecule has 1 aliphatic rings. The molecule has 0 saturated heterocycles. The van der Waals surface area contributed by atoms with Crippen LogP contribution in [0, 0.1) is 13.8 Å². The van der Waals surface area contributed by atoms with Crippen molar-refractivity contribution >= 4 is 126 Å². The molecular weight excluding hydrogens is 833 g/mol. The lowest BCUT2D eigenvalue weighted by atomic mass is 9.81. The number of allylic oxidation sites excluding steroid dienone is 1. The molecule has 1 aliphatic carbocycles. The third kappa shape index (κ3) is 6.18. The highest BCUT2D eigenvalue weighted by molar-refractivity contribution is 6.48. The molecule has 0 unspecified atom stereocenters. The quantitative estimate of drug-likeness (QED) is 0.116. The van der Waals surface area contributed by atoms with Crippen molar-refractivity contribution in [3.63, 3.8) is 0 Å². The van der Waals surface area contributed by atoms with Gasteiger partial charge in [-0.25, -0.2) is 0 Å². The lowest BCUT2D eigenvalue weighted by Gasteiger charge is -2.29. The molecule has 328 valence electrons. The van der Waals surface area contributed by atoms with Gasteiger partial charge in [0.2, 0.25) is 0 Å². The van der Waals surface area contributed by atoms with E-state index in [0.29, 0.717) is 0 Å². The first-order chi connectivity index (χ1) is 34.1. The summed E-state index contributed by atoms with van der Waals surface area (Å²) in [6, 6.07) is 75.6. The Balaban J connectivity index is 1.03. The van der Waals surface area contributed by atoms with E-state index in [-0.39, 0.29) is 0 Å². The fourth-order valence-corrected chi connectivity index (χ4v) is 12.3. The highest BCUT2D eigenvalue weighted by atomic mass is 15.1. The predicted molar refractivity (Wildman–Crippen MR) is 299 cm³/mol. The maximum absolute atomic E-state index is 2.47. The topological polar surface area (TPSA) is 6.48 Å². The average Bonchev–Trinajstić information content (AvgIpc) is 3.40. The van der Waals surface area contributed by atoms with Gasteiger partial charge >= 0.3 is 0 Å². The molecule has 2 nitrogen and oxygen atoms in total. The molecule has 13 aromatic rings. The van der Waals surface area contributed by atoms with E-state index < -0.39 is 0 Å². The van der Waals surface area contributed by atoms with Gasteiger partial charge in [-0.05, 0) is 181 Å². The maximum Gasteiger partial charge on any atom is 0.0540 e. The number of anilines is 6. The number of hydrogen-bond donors (Lipinski definition) is 0. The Morgan fingerprint density at radius 2 is 0.652 bits per heavy atom. The number of fused-ring (bicyclic) bond motifs is 6. The molecule has 0 N–H and O–H groups in total. The maximum atomic E-state index is 2.47. The fourth-order valence-electron chi connectivity index (χ4n) is 12.3. The van der Waals surface area contributed by atoms with Crippen molar-refractivity contribution in [1.82, 2.24) is 0 Å². The molecule has 14 rings (SSSR count). The first kappa shape index (κ1) is 39.9. The molecule has 0 spiro atoms. The van der Waals surface area contributed by atoms with Gasteiger partial charge in [-0.3, -0.25) is 0 Å². The number of hydrogen-bond acceptors (Lipinski definition) is 2. The zero-order valence-corrected chi connectivity index (χ0v) is 39.1. The zero-order chi connectivity index (χ0) is 45.7. The van der Waals surface area contributed by atoms with Crippen LogP contribution in [0.5, 0.6) is 0 Å². The molecule has 1 fully saturated rings. The Bertz CT molecular complexity index is 4140. The largest absolute Gasteiger partial charge is 0.310 e. The number of nitrogens with zero attached hydrogens (tertiary/aromatic N) is 2. The van der Waals surface area contributed by atoms with Crippen molar-refractivity contribution in [2.75, 3.05) is 9.80 Å². The smallest absolute Gasteiger partial charge is 0.0540 e. The van der Waals surface area contributed by atoms with Gasteiger partial charge in [-0.1, -0.05) is 169 Å². The molecule has 0 heterocycles. The van der Waals surface area contributed by atoms with Gasteiger partial charge in [0.1, 0.15) is 0 Å². The fraction of sp³-hybridized carbons (Fsp3) is 0.104. The van der Waals surface area contributed by atoms with Gasteiger partial charge in [0.25, 0.3) is 0 Å². The minimum Gasteiger partial charge on any atom is -0.310 e. The number of rotatable bonds is 7. The normalized spacial score (nSPS) is 13.3. The van der Waals surface area contributed by atoms with E-state index in [2.05, 4.69) is 230 Å². The number of aryl methyl sites for hydroxylation is 2. The third-order valence-corrected chi connectivity index (χ3v) is 15.4. The summed E-state index contributed by atoms with van der Waals surface area (Å²) in [6.45, 7) is 4.33. The third-order valence-electron chi connectivity index (χ3n) is 15.4. The summed E-state index contributed by atoms with van der Waals surface area (Å²) in [7, 11) is 0. The van der Waals surface area contributed by atoms with Crippen LogP contribution in [0.4, 0.5) is 34.1 Å². The van der Waals surface area contributed by atoms with E-state index in [1.165, 1.54) is 146 Å². The second-order valence-electron chi connectivity index (χ2n) is 19.6. The van der Waals surface area contributed by atoms with Crippen LogP contribution in [-0.2, 0) is 0 Å². The lowest BCUT2D eigenvalue weighted by Crippen LogP contribution is -2.10. The molecule has 1 saturated carbocycles. The molecule has 0 bridgehead atoms. The summed E-state index contributed by atoms with van der Waals surface area (Å²) in [4.78, 5) is 4.89. The van der Waals surface area contributed by atoms with Gasteiger partial charge in [0, 0.05) is 33.5 Å². The highest BCUT2D eigenvalue weighted by Crippen LogP contribution is 2.53. The van der Waals surface area contributed by atoms with Crippen molar-refractivity contribution in [2.45, 2.75) is 46.0 Å². The number of para-hydroxylation sites is 1. The first-order valence-corrected chi connectivity index (χ1v) is 24.8. The Labute approximate surface area is 402 Å². The van der Waals surface area contributed by atoms with E-state index in [4.69, 9.17) is 0 Å². The van der Waals surface area contributed by atoms with E-state index in [1.807, 2.05) is 0 Å². The molecular formula is C67H50N2. The molecule has 0 atom stereocenters. The average molecular weight is 883 g/mol. The molecule has 0 amide bonds. The molecule has 0 radical (unpaired) electrons. The highest BCUT2D eigenvalue weighted by Gasteiger charge is 2.25. The summed E-state index contributed by atoms with van der Waals surface area (Å²) in [5.41, 5.74) is 12.3. The van der Waals surface area contributed by atoms with Gasteiger partial charge in [-0.15, -0.1) is 0 Å². The zero-order valence-electron chi connectivity index (χ0n) is 39.1. The van der Waals surface area contributed by atoms with Crippen molar-refractivity contribution in [3.05, 3.63) is 222 Å². The SMILES string of the molecule is Cc1ccc(N(c2ccccc2)c2ccc3c4cccc5c4c(c4cccc2c34)c2cccc3c4ccc(N(c6ccc(C)cc6)c6ccc(C=C7CCCCC7)cc6)c6cccc(c64)c5c32)cc1. The van der Waals surface area contributed by atoms with Crippen molar-refractivity contribution in [1.29, 1.82) is 0 Å². The van der Waals surface area contributed by atoms with Gasteiger partial charge < -0.3 is 9.80 Å². The molecule has 0 aliphatic heterocycles. The second-order valence-corrected chi connectivity index (χ2v) is 19.6. The van der Waals surface area contributed by atoms with Crippen LogP contribution in [0.25, 0.3) is 92.3 Å². The minimum absolute atomic E-state index is 1.14. The Kier molecular flexibility index (Phi) is 9.08. The van der Waals surface area contributed by atoms with E-state index >= 15 is 0 Å². The second kappa shape index (κ2) is 15.7. The van der Waals surface area contributed by atoms with Gasteiger partial charge in [-0.2, -0.15) is 0 Å². The molecule has 0 aromatic heterocycles. The Morgan fingerprint density at radius 1 is 0.290 bits per heavy atom. The van der Waals surface area contributed by atoms with Crippen LogP contribution < -0.4 is 9.80 Å². The van der Waals surface area contributed by atoms with Crippen molar-refractivity contribution in [2.24, 2.45) is 0 Å². The van der Waals surface area contributed by atoms with Crippen LogP contribution in [-0.4, -0.2) is 0 Å². The summed E-state index contributed by atoms with van der Waals surface area (Å²) < 4.78 is 0. The standard InChI is InChI=1S/C67H50N2/c1-42-25-31-47(32-26-42)68(46-15-7-4-8-16-46)60-39-37-52-50-17-9-24-59-64(50)66(56-21-11-19-54(60)62(52)56)58-23-10-18-51-53-38-40-61(55-20-12-22-57(63(53)55)67(59)65(51)58)69(48-33-27-43(2)28-34-48)49-35-29-45(30-36-49)41-44-13-5-3-6-14-44/h4,7-12,15-41H,3,5-6,13-14H2,1-2H3. The van der Waals surface area contributed by atoms with Gasteiger partial charge in [0.05, 0.1) is 11.4 Å². The molecule has 13 aromatic carbocycles.